The van der Waals surface area contributed by atoms with Crippen LogP contribution in [0.1, 0.15) is 335 Å². The van der Waals surface area contributed by atoms with Crippen LogP contribution in [0.2, 0.25) is 0 Å². The van der Waals surface area contributed by atoms with Crippen molar-refractivity contribution in [3.8, 4) is 0 Å². The van der Waals surface area contributed by atoms with Gasteiger partial charge in [0.25, 0.3) is 0 Å². The molecule has 0 saturated heterocycles. The van der Waals surface area contributed by atoms with Gasteiger partial charge in [0.15, 0.2) is 6.10 Å². The van der Waals surface area contributed by atoms with Crippen LogP contribution in [-0.4, -0.2) is 37.2 Å². The van der Waals surface area contributed by atoms with Gasteiger partial charge < -0.3 is 14.2 Å². The minimum atomic E-state index is -0.771. The molecule has 0 aromatic rings. The van der Waals surface area contributed by atoms with Crippen molar-refractivity contribution in [2.45, 2.75) is 341 Å². The number of hydrogen-bond donors (Lipinski definition) is 0. The molecule has 0 rings (SSSR count). The zero-order valence-corrected chi connectivity index (χ0v) is 49.4. The molecule has 6 heteroatoms. The molecule has 0 aliphatic rings. The van der Waals surface area contributed by atoms with Gasteiger partial charge in [-0.15, -0.1) is 0 Å². The third-order valence-corrected chi connectivity index (χ3v) is 14.3. The highest BCUT2D eigenvalue weighted by Gasteiger charge is 2.19. The molecule has 1 unspecified atom stereocenters. The largest absolute Gasteiger partial charge is 0.462 e. The molecule has 0 amide bonds. The Morgan fingerprint density at radius 3 is 0.824 bits per heavy atom. The molecule has 0 aromatic heterocycles. The molecule has 1 atom stereocenters. The Morgan fingerprint density at radius 1 is 0.284 bits per heavy atom. The Morgan fingerprint density at radius 2 is 0.527 bits per heavy atom. The summed E-state index contributed by atoms with van der Waals surface area (Å²) in [7, 11) is 0. The van der Waals surface area contributed by atoms with Gasteiger partial charge >= 0.3 is 17.9 Å². The van der Waals surface area contributed by atoms with Crippen molar-refractivity contribution < 1.29 is 28.6 Å². The van der Waals surface area contributed by atoms with Gasteiger partial charge in [-0.05, 0) is 64.2 Å². The molecule has 74 heavy (non-hydrogen) atoms. The molecule has 0 aliphatic heterocycles. The molecule has 6 nitrogen and oxygen atoms in total. The van der Waals surface area contributed by atoms with Crippen molar-refractivity contribution in [3.63, 3.8) is 0 Å². The van der Waals surface area contributed by atoms with E-state index in [1.165, 1.54) is 205 Å². The number of esters is 3. The van der Waals surface area contributed by atoms with Crippen molar-refractivity contribution in [2.75, 3.05) is 13.2 Å². The van der Waals surface area contributed by atoms with Crippen LogP contribution in [0.4, 0.5) is 0 Å². The second kappa shape index (κ2) is 62.6. The van der Waals surface area contributed by atoms with Gasteiger partial charge in [0.05, 0.1) is 0 Å². The fraction of sp³-hybridized carbons (Fsp3) is 0.809. The third kappa shape index (κ3) is 60.0. The summed E-state index contributed by atoms with van der Waals surface area (Å²) < 4.78 is 16.9. The van der Waals surface area contributed by atoms with Gasteiger partial charge in [0.2, 0.25) is 0 Å². The first kappa shape index (κ1) is 71.1. The molecule has 0 fully saturated rings. The number of unbranched alkanes of at least 4 members (excludes halogenated alkanes) is 38. The van der Waals surface area contributed by atoms with Gasteiger partial charge in [0.1, 0.15) is 13.2 Å². The lowest BCUT2D eigenvalue weighted by molar-refractivity contribution is -0.167. The average molecular weight is 1040 g/mol. The van der Waals surface area contributed by atoms with E-state index < -0.39 is 6.10 Å². The van der Waals surface area contributed by atoms with Gasteiger partial charge in [-0.1, -0.05) is 313 Å². The Bertz CT molecular complexity index is 1330. The fourth-order valence-corrected chi connectivity index (χ4v) is 9.47. The summed E-state index contributed by atoms with van der Waals surface area (Å²) >= 11 is 0. The lowest BCUT2D eigenvalue weighted by atomic mass is 10.0. The zero-order chi connectivity index (χ0) is 53.6. The SMILES string of the molecule is CC/C=C\C/C=C\C/C=C\C/C=C\C/C=C\CCCCCCCCCCCCCC(=O)OCC(COC(=O)CCCCCCCCCCCC)OC(=O)CCCCCCCCCCCCCCCCCCCCC. The topological polar surface area (TPSA) is 78.9 Å². The van der Waals surface area contributed by atoms with Gasteiger partial charge in [0, 0.05) is 19.3 Å². The summed E-state index contributed by atoms with van der Waals surface area (Å²) in [6.07, 6.45) is 79.5. The quantitative estimate of drug-likeness (QED) is 0.0261. The number of carbonyl (C=O) groups excluding carboxylic acids is 3. The van der Waals surface area contributed by atoms with E-state index in [-0.39, 0.29) is 31.1 Å². The van der Waals surface area contributed by atoms with E-state index in [0.717, 1.165) is 89.9 Å². The van der Waals surface area contributed by atoms with Crippen LogP contribution in [0, 0.1) is 0 Å². The highest BCUT2D eigenvalue weighted by atomic mass is 16.6. The normalized spacial score (nSPS) is 12.4. The second-order valence-electron chi connectivity index (χ2n) is 21.7. The maximum absolute atomic E-state index is 12.9. The maximum atomic E-state index is 12.9. The Balaban J connectivity index is 4.20. The van der Waals surface area contributed by atoms with Crippen LogP contribution < -0.4 is 0 Å². The van der Waals surface area contributed by atoms with E-state index in [9.17, 15) is 14.4 Å². The summed E-state index contributed by atoms with van der Waals surface area (Å²) in [5.41, 5.74) is 0. The molecular weight excluding hydrogens is 913 g/mol. The van der Waals surface area contributed by atoms with Crippen molar-refractivity contribution in [1.29, 1.82) is 0 Å². The number of hydrogen-bond acceptors (Lipinski definition) is 6. The predicted molar refractivity (Wildman–Crippen MR) is 321 cm³/mol. The van der Waals surface area contributed by atoms with E-state index in [1.54, 1.807) is 0 Å². The third-order valence-electron chi connectivity index (χ3n) is 14.3. The fourth-order valence-electron chi connectivity index (χ4n) is 9.47. The smallest absolute Gasteiger partial charge is 0.306 e. The minimum absolute atomic E-state index is 0.0695. The maximum Gasteiger partial charge on any atom is 0.306 e. The molecule has 430 valence electrons. The molecule has 0 aliphatic carbocycles. The van der Waals surface area contributed by atoms with Crippen LogP contribution >= 0.6 is 0 Å². The van der Waals surface area contributed by atoms with Gasteiger partial charge in [-0.3, -0.25) is 14.4 Å². The van der Waals surface area contributed by atoms with E-state index in [4.69, 9.17) is 14.2 Å². The van der Waals surface area contributed by atoms with Crippen LogP contribution in [0.3, 0.4) is 0 Å². The number of allylic oxidation sites excluding steroid dienone is 10. The van der Waals surface area contributed by atoms with Crippen LogP contribution in [0.5, 0.6) is 0 Å². The molecular formula is C68H122O6. The number of rotatable bonds is 59. The first-order valence-corrected chi connectivity index (χ1v) is 32.3. The number of ether oxygens (including phenoxy) is 3. The van der Waals surface area contributed by atoms with Gasteiger partial charge in [-0.2, -0.15) is 0 Å². The summed E-state index contributed by atoms with van der Waals surface area (Å²) in [5, 5.41) is 0. The van der Waals surface area contributed by atoms with Crippen molar-refractivity contribution in [2.24, 2.45) is 0 Å². The monoisotopic (exact) mass is 1030 g/mol. The van der Waals surface area contributed by atoms with Crippen LogP contribution in [0.25, 0.3) is 0 Å². The second-order valence-corrected chi connectivity index (χ2v) is 21.7. The zero-order valence-electron chi connectivity index (χ0n) is 49.4. The lowest BCUT2D eigenvalue weighted by Gasteiger charge is -2.18. The lowest BCUT2D eigenvalue weighted by Crippen LogP contribution is -2.30. The summed E-state index contributed by atoms with van der Waals surface area (Å²) in [5.74, 6) is -0.854. The van der Waals surface area contributed by atoms with Crippen molar-refractivity contribution >= 4 is 17.9 Å². The Labute approximate surface area is 460 Å². The summed E-state index contributed by atoms with van der Waals surface area (Å²) in [4.78, 5) is 38.2. The molecule has 0 aromatic carbocycles. The standard InChI is InChI=1S/C68H122O6/c1-4-7-10-13-16-19-22-24-26-28-30-31-32-33-34-35-36-37-39-40-42-44-46-49-52-55-58-61-67(70)73-64-65(63-72-66(69)60-57-54-51-48-21-18-15-12-9-6-3)74-68(71)62-59-56-53-50-47-45-43-41-38-29-27-25-23-20-17-14-11-8-5-2/h7,10,16,19,24,26,30-31,33-34,65H,4-6,8-9,11-15,17-18,20-23,25,27-29,32,35-64H2,1-3H3/b10-7-,19-16-,26-24-,31-30-,34-33-. The molecule has 0 N–H and O–H groups in total. The van der Waals surface area contributed by atoms with E-state index in [1.807, 2.05) is 0 Å². The molecule has 0 radical (unpaired) electrons. The number of carbonyl (C=O) groups is 3. The Hall–Kier alpha value is -2.89. The van der Waals surface area contributed by atoms with E-state index in [0.29, 0.717) is 19.3 Å². The predicted octanol–water partition coefficient (Wildman–Crippen LogP) is 21.9. The van der Waals surface area contributed by atoms with Crippen LogP contribution in [0.15, 0.2) is 60.8 Å². The van der Waals surface area contributed by atoms with Crippen molar-refractivity contribution in [3.05, 3.63) is 60.8 Å². The highest BCUT2D eigenvalue weighted by Crippen LogP contribution is 2.17. The van der Waals surface area contributed by atoms with Crippen molar-refractivity contribution in [1.82, 2.24) is 0 Å². The summed E-state index contributed by atoms with van der Waals surface area (Å²) in [6, 6.07) is 0. The van der Waals surface area contributed by atoms with Crippen LogP contribution in [-0.2, 0) is 28.6 Å². The Kier molecular flexibility index (Phi) is 60.2. The summed E-state index contributed by atoms with van der Waals surface area (Å²) in [6.45, 7) is 6.56. The van der Waals surface area contributed by atoms with Gasteiger partial charge in [-0.25, -0.2) is 0 Å². The minimum Gasteiger partial charge on any atom is -0.462 e. The first-order valence-electron chi connectivity index (χ1n) is 32.3. The molecule has 0 bridgehead atoms. The average Bonchev–Trinajstić information content (AvgIpc) is 3.40. The van der Waals surface area contributed by atoms with E-state index in [2.05, 4.69) is 81.5 Å². The molecule has 0 heterocycles. The molecule has 0 saturated carbocycles. The van der Waals surface area contributed by atoms with E-state index >= 15 is 0 Å². The molecule has 0 spiro atoms. The highest BCUT2D eigenvalue weighted by molar-refractivity contribution is 5.71. The first-order chi connectivity index (χ1) is 36.5.